The fraction of sp³-hybridized carbons (Fsp3) is 0.190. The van der Waals surface area contributed by atoms with Crippen LogP contribution in [0.5, 0.6) is 0 Å². The van der Waals surface area contributed by atoms with Crippen LogP contribution >= 0.6 is 34.5 Å². The van der Waals surface area contributed by atoms with Gasteiger partial charge in [0.15, 0.2) is 5.13 Å². The van der Waals surface area contributed by atoms with Gasteiger partial charge in [0.1, 0.15) is 6.10 Å². The summed E-state index contributed by atoms with van der Waals surface area (Å²) in [4.78, 5) is 29.3. The van der Waals surface area contributed by atoms with E-state index in [0.717, 1.165) is 6.42 Å². The highest BCUT2D eigenvalue weighted by Gasteiger charge is 2.23. The Morgan fingerprint density at radius 2 is 2.00 bits per heavy atom. The van der Waals surface area contributed by atoms with Gasteiger partial charge in [-0.3, -0.25) is 14.9 Å². The summed E-state index contributed by atoms with van der Waals surface area (Å²) < 4.78 is 5.38. The van der Waals surface area contributed by atoms with E-state index in [4.69, 9.17) is 27.9 Å². The van der Waals surface area contributed by atoms with E-state index in [1.807, 2.05) is 0 Å². The molecule has 9 heteroatoms. The second kappa shape index (κ2) is 9.14. The number of ether oxygens (including phenoxy) is 1. The first-order chi connectivity index (χ1) is 14.5. The summed E-state index contributed by atoms with van der Waals surface area (Å²) in [6.45, 7) is 0.594. The second-order valence-electron chi connectivity index (χ2n) is 6.69. The van der Waals surface area contributed by atoms with Crippen LogP contribution in [0, 0.1) is 0 Å². The van der Waals surface area contributed by atoms with Crippen LogP contribution in [0.15, 0.2) is 47.8 Å². The number of hydrogen-bond acceptors (Lipinski definition) is 5. The number of rotatable bonds is 5. The number of benzene rings is 2. The molecular weight excluding hydrogens is 445 g/mol. The van der Waals surface area contributed by atoms with Crippen molar-refractivity contribution in [1.29, 1.82) is 0 Å². The van der Waals surface area contributed by atoms with Crippen molar-refractivity contribution in [2.24, 2.45) is 0 Å². The predicted molar refractivity (Wildman–Crippen MR) is 120 cm³/mol. The molecule has 1 aliphatic rings. The third-order valence-electron chi connectivity index (χ3n) is 4.54. The molecule has 1 aromatic heterocycles. The normalized spacial score (nSPS) is 15.7. The molecule has 2 amide bonds. The van der Waals surface area contributed by atoms with Crippen LogP contribution in [-0.2, 0) is 9.53 Å². The zero-order chi connectivity index (χ0) is 21.1. The zero-order valence-corrected chi connectivity index (χ0v) is 18.0. The van der Waals surface area contributed by atoms with Gasteiger partial charge in [-0.05, 0) is 49.2 Å². The third kappa shape index (κ3) is 4.82. The SMILES string of the molecule is O=C(Nc1nc(-c2cc(Cl)ccc2Cl)cs1)c1cccc(NC(=O)C2CCCO2)c1. The van der Waals surface area contributed by atoms with Crippen LogP contribution < -0.4 is 10.6 Å². The molecule has 1 fully saturated rings. The number of aromatic nitrogens is 1. The van der Waals surface area contributed by atoms with E-state index in [1.165, 1.54) is 11.3 Å². The van der Waals surface area contributed by atoms with E-state index in [-0.39, 0.29) is 11.8 Å². The number of nitrogens with zero attached hydrogens (tertiary/aromatic N) is 1. The van der Waals surface area contributed by atoms with Crippen molar-refractivity contribution in [3.63, 3.8) is 0 Å². The fourth-order valence-electron chi connectivity index (χ4n) is 3.06. The van der Waals surface area contributed by atoms with Crippen molar-refractivity contribution in [3.05, 3.63) is 63.5 Å². The summed E-state index contributed by atoms with van der Waals surface area (Å²) in [7, 11) is 0. The maximum Gasteiger partial charge on any atom is 0.257 e. The maximum atomic E-state index is 12.6. The Balaban J connectivity index is 1.45. The molecule has 1 aliphatic heterocycles. The molecular formula is C21H17Cl2N3O3S. The smallest absolute Gasteiger partial charge is 0.257 e. The Bertz CT molecular complexity index is 1100. The molecule has 0 radical (unpaired) electrons. The first-order valence-electron chi connectivity index (χ1n) is 9.24. The molecule has 2 aromatic carbocycles. The first-order valence-corrected chi connectivity index (χ1v) is 10.9. The first kappa shape index (κ1) is 20.8. The number of anilines is 2. The molecule has 0 aliphatic carbocycles. The molecule has 0 bridgehead atoms. The van der Waals surface area contributed by atoms with Gasteiger partial charge in [0.25, 0.3) is 11.8 Å². The van der Waals surface area contributed by atoms with Gasteiger partial charge in [-0.1, -0.05) is 29.3 Å². The summed E-state index contributed by atoms with van der Waals surface area (Å²) in [5.41, 5.74) is 2.26. The van der Waals surface area contributed by atoms with E-state index in [0.29, 0.717) is 50.7 Å². The summed E-state index contributed by atoms with van der Waals surface area (Å²) in [6.07, 6.45) is 1.14. The average Bonchev–Trinajstić information content (AvgIpc) is 3.42. The number of thiazole rings is 1. The minimum atomic E-state index is -0.436. The highest BCUT2D eigenvalue weighted by molar-refractivity contribution is 7.14. The number of halogens is 2. The van der Waals surface area contributed by atoms with Gasteiger partial charge in [0.2, 0.25) is 0 Å². The number of carbonyl (C=O) groups excluding carboxylic acids is 2. The molecule has 1 unspecified atom stereocenters. The van der Waals surface area contributed by atoms with Crippen LogP contribution in [-0.4, -0.2) is 29.5 Å². The standard InChI is InChI=1S/C21H17Cl2N3O3S/c22-13-6-7-16(23)15(10-13)17-11-30-21(25-17)26-19(27)12-3-1-4-14(9-12)24-20(28)18-5-2-8-29-18/h1,3-4,6-7,9-11,18H,2,5,8H2,(H,24,28)(H,25,26,27). The quantitative estimate of drug-likeness (QED) is 0.526. The molecule has 1 saturated heterocycles. The van der Waals surface area contributed by atoms with Crippen molar-refractivity contribution in [2.75, 3.05) is 17.2 Å². The van der Waals surface area contributed by atoms with Crippen molar-refractivity contribution >= 4 is 57.2 Å². The van der Waals surface area contributed by atoms with Crippen LogP contribution in [0.25, 0.3) is 11.3 Å². The summed E-state index contributed by atoms with van der Waals surface area (Å²) in [5.74, 6) is -0.533. The average molecular weight is 462 g/mol. The summed E-state index contributed by atoms with van der Waals surface area (Å²) in [5, 5.41) is 8.87. The van der Waals surface area contributed by atoms with Crippen LogP contribution in [0.2, 0.25) is 10.0 Å². The van der Waals surface area contributed by atoms with E-state index in [9.17, 15) is 9.59 Å². The Kier molecular flexibility index (Phi) is 6.34. The second-order valence-corrected chi connectivity index (χ2v) is 8.39. The Hall–Kier alpha value is -2.45. The molecule has 6 nitrogen and oxygen atoms in total. The number of amides is 2. The molecule has 0 saturated carbocycles. The van der Waals surface area contributed by atoms with E-state index >= 15 is 0 Å². The van der Waals surface area contributed by atoms with Gasteiger partial charge in [0, 0.05) is 33.8 Å². The van der Waals surface area contributed by atoms with Gasteiger partial charge < -0.3 is 10.1 Å². The minimum absolute atomic E-state index is 0.201. The third-order valence-corrected chi connectivity index (χ3v) is 5.87. The van der Waals surface area contributed by atoms with Crippen LogP contribution in [0.3, 0.4) is 0 Å². The van der Waals surface area contributed by atoms with Gasteiger partial charge >= 0.3 is 0 Å². The lowest BCUT2D eigenvalue weighted by Gasteiger charge is -2.11. The molecule has 4 rings (SSSR count). The lowest BCUT2D eigenvalue weighted by Crippen LogP contribution is -2.27. The highest BCUT2D eigenvalue weighted by Crippen LogP contribution is 2.32. The fourth-order valence-corrected chi connectivity index (χ4v) is 4.16. The van der Waals surface area contributed by atoms with E-state index in [1.54, 1.807) is 47.8 Å². The lowest BCUT2D eigenvalue weighted by molar-refractivity contribution is -0.124. The van der Waals surface area contributed by atoms with Crippen molar-refractivity contribution in [2.45, 2.75) is 18.9 Å². The van der Waals surface area contributed by atoms with Gasteiger partial charge in [0.05, 0.1) is 10.7 Å². The van der Waals surface area contributed by atoms with Crippen molar-refractivity contribution in [1.82, 2.24) is 4.98 Å². The maximum absolute atomic E-state index is 12.6. The summed E-state index contributed by atoms with van der Waals surface area (Å²) >= 11 is 13.5. The Morgan fingerprint density at radius 1 is 1.13 bits per heavy atom. The Morgan fingerprint density at radius 3 is 2.80 bits per heavy atom. The largest absolute Gasteiger partial charge is 0.368 e. The van der Waals surface area contributed by atoms with Crippen molar-refractivity contribution in [3.8, 4) is 11.3 Å². The number of nitrogens with one attached hydrogen (secondary N) is 2. The Labute approximate surface area is 187 Å². The number of carbonyl (C=O) groups is 2. The lowest BCUT2D eigenvalue weighted by atomic mass is 10.1. The molecule has 2 N–H and O–H groups in total. The molecule has 3 aromatic rings. The molecule has 154 valence electrons. The molecule has 2 heterocycles. The van der Waals surface area contributed by atoms with Crippen LogP contribution in [0.1, 0.15) is 23.2 Å². The highest BCUT2D eigenvalue weighted by atomic mass is 35.5. The molecule has 30 heavy (non-hydrogen) atoms. The van der Waals surface area contributed by atoms with Crippen molar-refractivity contribution < 1.29 is 14.3 Å². The van der Waals surface area contributed by atoms with Crippen LogP contribution in [0.4, 0.5) is 10.8 Å². The van der Waals surface area contributed by atoms with Gasteiger partial charge in [-0.2, -0.15) is 0 Å². The summed E-state index contributed by atoms with van der Waals surface area (Å²) in [6, 6.07) is 11.8. The monoisotopic (exact) mass is 461 g/mol. The molecule has 0 spiro atoms. The van der Waals surface area contributed by atoms with Gasteiger partial charge in [-0.25, -0.2) is 4.98 Å². The van der Waals surface area contributed by atoms with E-state index in [2.05, 4.69) is 15.6 Å². The van der Waals surface area contributed by atoms with E-state index < -0.39 is 6.10 Å². The topological polar surface area (TPSA) is 80.3 Å². The van der Waals surface area contributed by atoms with Gasteiger partial charge in [-0.15, -0.1) is 11.3 Å². The number of hydrogen-bond donors (Lipinski definition) is 2. The minimum Gasteiger partial charge on any atom is -0.368 e. The predicted octanol–water partition coefficient (Wildman–Crippen LogP) is 5.49. The zero-order valence-electron chi connectivity index (χ0n) is 15.7. The molecule has 1 atom stereocenters.